The van der Waals surface area contributed by atoms with E-state index in [0.717, 1.165) is 4.90 Å². The van der Waals surface area contributed by atoms with Gasteiger partial charge in [-0.1, -0.05) is 41.0 Å². The van der Waals surface area contributed by atoms with Crippen LogP contribution in [0.25, 0.3) is 0 Å². The minimum atomic E-state index is -1.03. The van der Waals surface area contributed by atoms with Crippen molar-refractivity contribution in [3.05, 3.63) is 12.2 Å². The molecule has 0 radical (unpaired) electrons. The molecule has 2 atom stereocenters. The Kier molecular flexibility index (Phi) is 11.3. The number of nitrogens with zero attached hydrogens (tertiary/aromatic N) is 1. The summed E-state index contributed by atoms with van der Waals surface area (Å²) in [6.07, 6.45) is 4.19. The summed E-state index contributed by atoms with van der Waals surface area (Å²) in [6.45, 7) is 9.13. The highest BCUT2D eigenvalue weighted by Gasteiger charge is 2.34. The highest BCUT2D eigenvalue weighted by Crippen LogP contribution is 2.27. The molecule has 1 aliphatic rings. The molecular weight excluding hydrogens is 440 g/mol. The number of rotatable bonds is 15. The second-order valence-corrected chi connectivity index (χ2v) is 10.2. The smallest absolute Gasteiger partial charge is 0.303 e. The molecule has 0 aliphatic carbocycles. The zero-order chi connectivity index (χ0) is 26.1. The largest absolute Gasteiger partial charge is 0.481 e. The van der Waals surface area contributed by atoms with Gasteiger partial charge in [0.1, 0.15) is 5.78 Å². The van der Waals surface area contributed by atoms with Gasteiger partial charge in [0.25, 0.3) is 11.8 Å². The van der Waals surface area contributed by atoms with E-state index < -0.39 is 23.3 Å². The van der Waals surface area contributed by atoms with Crippen LogP contribution in [0.15, 0.2) is 12.2 Å². The zero-order valence-electron chi connectivity index (χ0n) is 20.9. The molecule has 0 aromatic carbocycles. The second kappa shape index (κ2) is 13.2. The number of ketones is 2. The highest BCUT2D eigenvalue weighted by molar-refractivity contribution is 6.12. The molecule has 9 nitrogen and oxygen atoms in total. The van der Waals surface area contributed by atoms with E-state index >= 15 is 0 Å². The summed E-state index contributed by atoms with van der Waals surface area (Å²) in [6, 6.07) is -0.765. The van der Waals surface area contributed by atoms with Crippen LogP contribution in [0.3, 0.4) is 0 Å². The van der Waals surface area contributed by atoms with Crippen LogP contribution in [0.4, 0.5) is 0 Å². The maximum absolute atomic E-state index is 13.0. The number of Topliss-reactive ketones (excluding diaryl/α,β-unsaturated/α-hetero) is 2. The zero-order valence-corrected chi connectivity index (χ0v) is 20.9. The lowest BCUT2D eigenvalue weighted by Gasteiger charge is -2.27. The number of carbonyl (C=O) groups is 6. The van der Waals surface area contributed by atoms with E-state index in [9.17, 15) is 28.8 Å². The number of unbranched alkanes of at least 4 members (excludes halogenated alkanes) is 2. The maximum atomic E-state index is 13.0. The molecule has 0 unspecified atom stereocenters. The van der Waals surface area contributed by atoms with Crippen molar-refractivity contribution in [3.8, 4) is 0 Å². The maximum Gasteiger partial charge on any atom is 0.303 e. The minimum absolute atomic E-state index is 0.0769. The van der Waals surface area contributed by atoms with Crippen molar-refractivity contribution in [1.82, 2.24) is 10.2 Å². The van der Waals surface area contributed by atoms with Gasteiger partial charge < -0.3 is 10.4 Å². The molecule has 0 saturated heterocycles. The first-order valence-electron chi connectivity index (χ1n) is 11.9. The Balaban J connectivity index is 2.59. The van der Waals surface area contributed by atoms with Crippen molar-refractivity contribution in [2.75, 3.05) is 6.54 Å². The van der Waals surface area contributed by atoms with Gasteiger partial charge in [-0.3, -0.25) is 33.7 Å². The van der Waals surface area contributed by atoms with Gasteiger partial charge in [-0.25, -0.2) is 0 Å². The summed E-state index contributed by atoms with van der Waals surface area (Å²) in [5.41, 5.74) is -0.708. The first kappa shape index (κ1) is 29.2. The molecule has 3 amide bonds. The van der Waals surface area contributed by atoms with Crippen molar-refractivity contribution < 1.29 is 33.9 Å². The number of hydrogen-bond acceptors (Lipinski definition) is 6. The van der Waals surface area contributed by atoms with Crippen molar-refractivity contribution in [3.63, 3.8) is 0 Å². The number of nitrogens with one attached hydrogen (secondary N) is 1. The second-order valence-electron chi connectivity index (χ2n) is 10.2. The Hall–Kier alpha value is -2.84. The number of carboxylic acid groups (broad SMARTS) is 1. The third-order valence-corrected chi connectivity index (χ3v) is 5.78. The normalized spacial score (nSPS) is 15.5. The fraction of sp³-hybridized carbons (Fsp3) is 0.680. The number of aliphatic carboxylic acids is 1. The molecule has 0 bridgehead atoms. The SMILES string of the molecule is CC(C)[C@H](NC(=O)CCCCCN1C(=O)C=CC1=O)C(=O)C[C@@H](CCC(=O)O)C(=O)C(C)(C)C. The number of hydrogen-bond donors (Lipinski definition) is 2. The van der Waals surface area contributed by atoms with Crippen molar-refractivity contribution in [1.29, 1.82) is 0 Å². The molecular formula is C25H38N2O7. The summed E-state index contributed by atoms with van der Waals surface area (Å²) >= 11 is 0. The number of imide groups is 1. The molecule has 0 aromatic heterocycles. The van der Waals surface area contributed by atoms with Gasteiger partial charge in [0.15, 0.2) is 5.78 Å². The molecule has 0 fully saturated rings. The summed E-state index contributed by atoms with van der Waals surface area (Å²) in [4.78, 5) is 73.5. The third kappa shape index (κ3) is 9.57. The Morgan fingerprint density at radius 1 is 0.971 bits per heavy atom. The summed E-state index contributed by atoms with van der Waals surface area (Å²) in [5.74, 6) is -3.32. The Bertz CT molecular complexity index is 806. The lowest BCUT2D eigenvalue weighted by atomic mass is 9.78. The van der Waals surface area contributed by atoms with Gasteiger partial charge in [-0.15, -0.1) is 0 Å². The van der Waals surface area contributed by atoms with Gasteiger partial charge in [0.2, 0.25) is 5.91 Å². The van der Waals surface area contributed by atoms with E-state index in [0.29, 0.717) is 25.8 Å². The van der Waals surface area contributed by atoms with Crippen molar-refractivity contribution in [2.45, 2.75) is 85.6 Å². The van der Waals surface area contributed by atoms with Crippen LogP contribution in [0.5, 0.6) is 0 Å². The molecule has 190 valence electrons. The molecule has 34 heavy (non-hydrogen) atoms. The van der Waals surface area contributed by atoms with Gasteiger partial charge in [0, 0.05) is 49.3 Å². The summed E-state index contributed by atoms with van der Waals surface area (Å²) in [5, 5.41) is 11.8. The highest BCUT2D eigenvalue weighted by atomic mass is 16.4. The van der Waals surface area contributed by atoms with E-state index in [2.05, 4.69) is 5.32 Å². The quantitative estimate of drug-likeness (QED) is 0.273. The fourth-order valence-electron chi connectivity index (χ4n) is 3.85. The van der Waals surface area contributed by atoms with Crippen LogP contribution >= 0.6 is 0 Å². The summed E-state index contributed by atoms with van der Waals surface area (Å²) in [7, 11) is 0. The number of carboxylic acids is 1. The molecule has 9 heteroatoms. The van der Waals surface area contributed by atoms with Crippen LogP contribution in [0.2, 0.25) is 0 Å². The van der Waals surface area contributed by atoms with E-state index in [1.807, 2.05) is 0 Å². The Morgan fingerprint density at radius 2 is 1.56 bits per heavy atom. The monoisotopic (exact) mass is 478 g/mol. The van der Waals surface area contributed by atoms with E-state index in [1.54, 1.807) is 34.6 Å². The van der Waals surface area contributed by atoms with Gasteiger partial charge >= 0.3 is 5.97 Å². The van der Waals surface area contributed by atoms with Crippen LogP contribution < -0.4 is 5.32 Å². The fourth-order valence-corrected chi connectivity index (χ4v) is 3.85. The lowest BCUT2D eigenvalue weighted by Crippen LogP contribution is -2.45. The molecule has 0 saturated carbocycles. The molecule has 2 N–H and O–H groups in total. The van der Waals surface area contributed by atoms with E-state index in [-0.39, 0.29) is 60.9 Å². The van der Waals surface area contributed by atoms with Crippen molar-refractivity contribution >= 4 is 35.3 Å². The van der Waals surface area contributed by atoms with Crippen molar-refractivity contribution in [2.24, 2.45) is 17.3 Å². The van der Waals surface area contributed by atoms with E-state index in [1.165, 1.54) is 12.2 Å². The average molecular weight is 479 g/mol. The minimum Gasteiger partial charge on any atom is -0.481 e. The average Bonchev–Trinajstić information content (AvgIpc) is 3.04. The molecule has 0 aromatic rings. The lowest BCUT2D eigenvalue weighted by molar-refractivity contribution is -0.139. The van der Waals surface area contributed by atoms with Crippen LogP contribution in [0, 0.1) is 17.3 Å². The standard InChI is InChI=1S/C25H38N2O7/c1-16(2)23(18(28)15-17(10-13-22(32)33)24(34)25(3,4)5)26-19(29)9-7-6-8-14-27-20(30)11-12-21(27)31/h11-12,16-17,23H,6-10,13-15H2,1-5H3,(H,26,29)(H,32,33)/t17-,23+/m1/s1. The molecule has 1 rings (SSSR count). The number of amides is 3. The molecule has 1 heterocycles. The van der Waals surface area contributed by atoms with E-state index in [4.69, 9.17) is 5.11 Å². The van der Waals surface area contributed by atoms with Crippen LogP contribution in [-0.4, -0.2) is 57.9 Å². The van der Waals surface area contributed by atoms with Gasteiger partial charge in [-0.05, 0) is 25.2 Å². The van der Waals surface area contributed by atoms with Gasteiger partial charge in [-0.2, -0.15) is 0 Å². The Labute approximate surface area is 201 Å². The predicted octanol–water partition coefficient (Wildman–Crippen LogP) is 2.67. The summed E-state index contributed by atoms with van der Waals surface area (Å²) < 4.78 is 0. The third-order valence-electron chi connectivity index (χ3n) is 5.78. The topological polar surface area (TPSA) is 138 Å². The first-order valence-corrected chi connectivity index (χ1v) is 11.9. The predicted molar refractivity (Wildman–Crippen MR) is 126 cm³/mol. The first-order chi connectivity index (χ1) is 15.7. The Morgan fingerprint density at radius 3 is 2.06 bits per heavy atom. The van der Waals surface area contributed by atoms with Crippen LogP contribution in [-0.2, 0) is 28.8 Å². The van der Waals surface area contributed by atoms with Gasteiger partial charge in [0.05, 0.1) is 6.04 Å². The number of carbonyl (C=O) groups excluding carboxylic acids is 5. The molecule has 0 spiro atoms. The van der Waals surface area contributed by atoms with Crippen LogP contribution in [0.1, 0.15) is 79.6 Å². The molecule has 1 aliphatic heterocycles.